The maximum absolute atomic E-state index is 12.4. The lowest BCUT2D eigenvalue weighted by atomic mass is 10.2. The molecule has 0 spiro atoms. The molecule has 2 aromatic rings. The van der Waals surface area contributed by atoms with Gasteiger partial charge in [0.15, 0.2) is 0 Å². The van der Waals surface area contributed by atoms with Gasteiger partial charge in [0.2, 0.25) is 10.0 Å². The van der Waals surface area contributed by atoms with Crippen LogP contribution in [0.3, 0.4) is 0 Å². The summed E-state index contributed by atoms with van der Waals surface area (Å²) < 4.78 is 32.5. The highest BCUT2D eigenvalue weighted by molar-refractivity contribution is 7.89. The maximum Gasteiger partial charge on any atom is 0.251 e. The number of nitrogens with zero attached hydrogens (tertiary/aromatic N) is 1. The van der Waals surface area contributed by atoms with Gasteiger partial charge in [-0.15, -0.1) is 0 Å². The Hall–Kier alpha value is -2.23. The van der Waals surface area contributed by atoms with E-state index in [1.807, 2.05) is 0 Å². The van der Waals surface area contributed by atoms with Crippen molar-refractivity contribution >= 4 is 15.9 Å². The summed E-state index contributed by atoms with van der Waals surface area (Å²) in [5, 5.41) is 2.85. The van der Waals surface area contributed by atoms with Crippen LogP contribution in [0.1, 0.15) is 22.5 Å². The highest BCUT2D eigenvalue weighted by Crippen LogP contribution is 2.13. The molecular formula is C16H20N4O4S. The minimum atomic E-state index is -3.69. The molecule has 2 heterocycles. The Morgan fingerprint density at radius 2 is 2.28 bits per heavy atom. The van der Waals surface area contributed by atoms with E-state index >= 15 is 0 Å². The summed E-state index contributed by atoms with van der Waals surface area (Å²) >= 11 is 0. The molecule has 8 nitrogen and oxygen atoms in total. The van der Waals surface area contributed by atoms with Gasteiger partial charge in [0.25, 0.3) is 5.91 Å². The van der Waals surface area contributed by atoms with Crippen molar-refractivity contribution in [1.82, 2.24) is 20.0 Å². The van der Waals surface area contributed by atoms with Crippen LogP contribution in [0.25, 0.3) is 0 Å². The van der Waals surface area contributed by atoms with Crippen LogP contribution in [-0.2, 0) is 21.2 Å². The van der Waals surface area contributed by atoms with Crippen molar-refractivity contribution in [3.8, 4) is 0 Å². The molecule has 1 aliphatic heterocycles. The van der Waals surface area contributed by atoms with Crippen molar-refractivity contribution in [3.63, 3.8) is 0 Å². The molecule has 1 atom stereocenters. The molecule has 3 N–H and O–H groups in total. The number of aromatic amines is 1. The van der Waals surface area contributed by atoms with Gasteiger partial charge in [0.1, 0.15) is 0 Å². The van der Waals surface area contributed by atoms with E-state index in [0.29, 0.717) is 25.2 Å². The Kier molecular flexibility index (Phi) is 5.47. The topological polar surface area (TPSA) is 113 Å². The summed E-state index contributed by atoms with van der Waals surface area (Å²) in [6, 6.07) is 5.97. The third-order valence-electron chi connectivity index (χ3n) is 3.91. The highest BCUT2D eigenvalue weighted by atomic mass is 32.2. The lowest BCUT2D eigenvalue weighted by Crippen LogP contribution is -2.35. The molecule has 0 aliphatic carbocycles. The molecule has 9 heteroatoms. The van der Waals surface area contributed by atoms with Gasteiger partial charge in [-0.1, -0.05) is 6.07 Å². The van der Waals surface area contributed by atoms with Gasteiger partial charge in [-0.3, -0.25) is 4.79 Å². The summed E-state index contributed by atoms with van der Waals surface area (Å²) in [5.74, 6) is -0.301. The molecule has 134 valence electrons. The number of imidazole rings is 1. The number of ether oxygens (including phenoxy) is 1. The number of hydrogen-bond acceptors (Lipinski definition) is 5. The third-order valence-corrected chi connectivity index (χ3v) is 5.37. The van der Waals surface area contributed by atoms with E-state index in [9.17, 15) is 13.2 Å². The van der Waals surface area contributed by atoms with Crippen LogP contribution in [0.5, 0.6) is 0 Å². The van der Waals surface area contributed by atoms with Crippen molar-refractivity contribution in [2.45, 2.75) is 23.8 Å². The van der Waals surface area contributed by atoms with Gasteiger partial charge in [0, 0.05) is 37.0 Å². The monoisotopic (exact) mass is 364 g/mol. The van der Waals surface area contributed by atoms with E-state index in [2.05, 4.69) is 20.0 Å². The van der Waals surface area contributed by atoms with Crippen LogP contribution in [0.2, 0.25) is 0 Å². The van der Waals surface area contributed by atoms with Gasteiger partial charge in [0.05, 0.1) is 23.9 Å². The summed E-state index contributed by atoms with van der Waals surface area (Å²) in [5.41, 5.74) is 1.15. The van der Waals surface area contributed by atoms with Gasteiger partial charge in [-0.25, -0.2) is 18.1 Å². The lowest BCUT2D eigenvalue weighted by molar-refractivity contribution is 0.0929. The van der Waals surface area contributed by atoms with Crippen molar-refractivity contribution in [2.24, 2.45) is 0 Å². The zero-order valence-electron chi connectivity index (χ0n) is 13.6. The Morgan fingerprint density at radius 3 is 3.00 bits per heavy atom. The number of amides is 1. The Labute approximate surface area is 146 Å². The number of carbonyl (C=O) groups excluding carboxylic acids is 1. The minimum absolute atomic E-state index is 0.0275. The molecular weight excluding hydrogens is 344 g/mol. The molecule has 3 rings (SSSR count). The molecule has 25 heavy (non-hydrogen) atoms. The number of hydrogen-bond donors (Lipinski definition) is 3. The Morgan fingerprint density at radius 1 is 1.40 bits per heavy atom. The molecule has 0 radical (unpaired) electrons. The van der Waals surface area contributed by atoms with E-state index in [0.717, 1.165) is 12.1 Å². The van der Waals surface area contributed by atoms with Gasteiger partial charge >= 0.3 is 0 Å². The normalized spacial score (nSPS) is 17.5. The number of rotatable bonds is 7. The first-order valence-electron chi connectivity index (χ1n) is 8.00. The molecule has 1 aromatic carbocycles. The van der Waals surface area contributed by atoms with E-state index in [1.165, 1.54) is 12.1 Å². The average molecular weight is 364 g/mol. The fourth-order valence-electron chi connectivity index (χ4n) is 2.55. The van der Waals surface area contributed by atoms with Crippen LogP contribution in [-0.4, -0.2) is 50.1 Å². The second-order valence-corrected chi connectivity index (χ2v) is 7.55. The van der Waals surface area contributed by atoms with E-state index in [1.54, 1.807) is 24.7 Å². The van der Waals surface area contributed by atoms with Crippen LogP contribution >= 0.6 is 0 Å². The van der Waals surface area contributed by atoms with Crippen LogP contribution in [0.15, 0.2) is 41.7 Å². The zero-order chi connectivity index (χ0) is 17.7. The summed E-state index contributed by atoms with van der Waals surface area (Å²) in [4.78, 5) is 19.1. The van der Waals surface area contributed by atoms with Gasteiger partial charge in [-0.05, 0) is 24.6 Å². The van der Waals surface area contributed by atoms with Crippen molar-refractivity contribution in [2.75, 3.05) is 19.8 Å². The molecule has 1 saturated heterocycles. The van der Waals surface area contributed by atoms with Crippen LogP contribution < -0.4 is 10.0 Å². The molecule has 0 bridgehead atoms. The first-order valence-corrected chi connectivity index (χ1v) is 9.48. The maximum atomic E-state index is 12.4. The SMILES string of the molecule is O=C(N[C@H]1CCOC1)c1cccc(S(=O)(=O)NCCc2cnc[nH]2)c1. The molecule has 1 fully saturated rings. The second-order valence-electron chi connectivity index (χ2n) is 5.79. The Bertz CT molecular complexity index is 814. The molecule has 1 aromatic heterocycles. The largest absolute Gasteiger partial charge is 0.379 e. The summed E-state index contributed by atoms with van der Waals surface area (Å²) in [6.07, 6.45) is 4.45. The fraction of sp³-hybridized carbons (Fsp3) is 0.375. The third kappa shape index (κ3) is 4.65. The van der Waals surface area contributed by atoms with Crippen molar-refractivity contribution in [1.29, 1.82) is 0 Å². The number of nitrogens with one attached hydrogen (secondary N) is 3. The average Bonchev–Trinajstić information content (AvgIpc) is 3.29. The molecule has 1 aliphatic rings. The Balaban J connectivity index is 1.63. The van der Waals surface area contributed by atoms with E-state index < -0.39 is 10.0 Å². The predicted octanol–water partition coefficient (Wildman–Crippen LogP) is 0.449. The number of aromatic nitrogens is 2. The summed E-state index contributed by atoms with van der Waals surface area (Å²) in [6.45, 7) is 1.35. The van der Waals surface area contributed by atoms with Crippen molar-refractivity contribution < 1.29 is 17.9 Å². The number of carbonyl (C=O) groups is 1. The standard InChI is InChI=1S/C16H20N4O4S/c21-16(20-14-5-7-24-10-14)12-2-1-3-15(8-12)25(22,23)19-6-4-13-9-17-11-18-13/h1-3,8-9,11,14,19H,4-7,10H2,(H,17,18)(H,20,21)/t14-/m0/s1. The predicted molar refractivity (Wildman–Crippen MR) is 90.6 cm³/mol. The first kappa shape index (κ1) is 17.6. The fourth-order valence-corrected chi connectivity index (χ4v) is 3.62. The quantitative estimate of drug-likeness (QED) is 0.660. The molecule has 0 unspecified atom stereocenters. The smallest absolute Gasteiger partial charge is 0.251 e. The van der Waals surface area contributed by atoms with Gasteiger partial charge < -0.3 is 15.0 Å². The lowest BCUT2D eigenvalue weighted by Gasteiger charge is -2.12. The molecule has 1 amide bonds. The van der Waals surface area contributed by atoms with Crippen LogP contribution in [0, 0.1) is 0 Å². The minimum Gasteiger partial charge on any atom is -0.379 e. The summed E-state index contributed by atoms with van der Waals surface area (Å²) in [7, 11) is -3.69. The zero-order valence-corrected chi connectivity index (χ0v) is 14.4. The van der Waals surface area contributed by atoms with Crippen LogP contribution in [0.4, 0.5) is 0 Å². The number of benzene rings is 1. The van der Waals surface area contributed by atoms with Crippen molar-refractivity contribution in [3.05, 3.63) is 48.0 Å². The second kappa shape index (κ2) is 7.77. The number of H-pyrrole nitrogens is 1. The van der Waals surface area contributed by atoms with E-state index in [4.69, 9.17) is 4.74 Å². The molecule has 0 saturated carbocycles. The first-order chi connectivity index (χ1) is 12.0. The number of sulfonamides is 1. The van der Waals surface area contributed by atoms with Gasteiger partial charge in [-0.2, -0.15) is 0 Å². The van der Waals surface area contributed by atoms with E-state index in [-0.39, 0.29) is 23.4 Å². The highest BCUT2D eigenvalue weighted by Gasteiger charge is 2.20.